The van der Waals surface area contributed by atoms with Crippen LogP contribution in [0.3, 0.4) is 0 Å². The monoisotopic (exact) mass is 166 g/mol. The van der Waals surface area contributed by atoms with E-state index >= 15 is 0 Å². The van der Waals surface area contributed by atoms with Crippen molar-refractivity contribution in [1.29, 1.82) is 0 Å². The van der Waals surface area contributed by atoms with Crippen LogP contribution in [0.1, 0.15) is 5.56 Å². The van der Waals surface area contributed by atoms with Gasteiger partial charge in [-0.2, -0.15) is 0 Å². The number of hydrogen-bond acceptors (Lipinski definition) is 1. The Morgan fingerprint density at radius 3 is 2.92 bits per heavy atom. The van der Waals surface area contributed by atoms with Crippen LogP contribution in [-0.4, -0.2) is 6.61 Å². The van der Waals surface area contributed by atoms with E-state index in [1.165, 1.54) is 6.07 Å². The summed E-state index contributed by atoms with van der Waals surface area (Å²) in [5, 5.41) is 0. The topological polar surface area (TPSA) is 9.23 Å². The molecule has 0 saturated heterocycles. The maximum atomic E-state index is 12.7. The van der Waals surface area contributed by atoms with Crippen molar-refractivity contribution in [2.45, 2.75) is 6.92 Å². The Morgan fingerprint density at radius 2 is 2.33 bits per heavy atom. The van der Waals surface area contributed by atoms with Crippen molar-refractivity contribution in [3.05, 3.63) is 42.2 Å². The Morgan fingerprint density at radius 1 is 1.58 bits per heavy atom. The van der Waals surface area contributed by atoms with Crippen molar-refractivity contribution in [3.8, 4) is 5.75 Å². The van der Waals surface area contributed by atoms with Crippen LogP contribution in [0.5, 0.6) is 5.75 Å². The summed E-state index contributed by atoms with van der Waals surface area (Å²) in [5.74, 6) is 0.467. The summed E-state index contributed by atoms with van der Waals surface area (Å²) in [5.41, 5.74) is 0.594. The second-order valence-corrected chi connectivity index (χ2v) is 2.51. The smallest absolute Gasteiger partial charge is 0.126 e. The maximum Gasteiger partial charge on any atom is 0.126 e. The molecule has 12 heavy (non-hydrogen) atoms. The summed E-state index contributed by atoms with van der Waals surface area (Å²) in [4.78, 5) is 0. The lowest BCUT2D eigenvalue weighted by Gasteiger charge is -2.03. The predicted octanol–water partition coefficient (Wildman–Crippen LogP) is 2.70. The van der Waals surface area contributed by atoms with Gasteiger partial charge in [0.25, 0.3) is 0 Å². The Balaban J connectivity index is 2.75. The normalized spacial score (nSPS) is 9.50. The molecule has 0 heterocycles. The fourth-order valence-electron chi connectivity index (χ4n) is 0.862. The third-order valence-corrected chi connectivity index (χ3v) is 1.50. The molecule has 0 spiro atoms. The van der Waals surface area contributed by atoms with E-state index in [-0.39, 0.29) is 5.82 Å². The van der Waals surface area contributed by atoms with Crippen LogP contribution in [0.15, 0.2) is 30.9 Å². The molecule has 1 rings (SSSR count). The van der Waals surface area contributed by atoms with Gasteiger partial charge in [0.2, 0.25) is 0 Å². The van der Waals surface area contributed by atoms with E-state index in [4.69, 9.17) is 4.74 Å². The van der Waals surface area contributed by atoms with E-state index in [0.717, 1.165) is 0 Å². The summed E-state index contributed by atoms with van der Waals surface area (Å²) < 4.78 is 18.0. The van der Waals surface area contributed by atoms with Gasteiger partial charge in [-0.05, 0) is 30.7 Å². The second kappa shape index (κ2) is 3.90. The van der Waals surface area contributed by atoms with Gasteiger partial charge in [0, 0.05) is 0 Å². The number of ether oxygens (including phenoxy) is 1. The van der Waals surface area contributed by atoms with Crippen LogP contribution in [-0.2, 0) is 0 Å². The fraction of sp³-hybridized carbons (Fsp3) is 0.200. The molecule has 0 atom stereocenters. The van der Waals surface area contributed by atoms with Gasteiger partial charge in [0.05, 0.1) is 0 Å². The van der Waals surface area contributed by atoms with Gasteiger partial charge in [0.1, 0.15) is 18.2 Å². The van der Waals surface area contributed by atoms with Crippen LogP contribution in [0.4, 0.5) is 4.39 Å². The highest BCUT2D eigenvalue weighted by Gasteiger charge is 1.97. The number of rotatable bonds is 3. The number of hydrogen-bond donors (Lipinski definition) is 0. The third kappa shape index (κ3) is 2.09. The van der Waals surface area contributed by atoms with E-state index in [9.17, 15) is 4.39 Å². The second-order valence-electron chi connectivity index (χ2n) is 2.51. The van der Waals surface area contributed by atoms with Crippen molar-refractivity contribution < 1.29 is 9.13 Å². The molecule has 0 bridgehead atoms. The van der Waals surface area contributed by atoms with Gasteiger partial charge in [-0.15, -0.1) is 0 Å². The van der Waals surface area contributed by atoms with Crippen molar-refractivity contribution in [1.82, 2.24) is 0 Å². The molecule has 0 saturated carbocycles. The lowest BCUT2D eigenvalue weighted by molar-refractivity contribution is 0.362. The first-order valence-electron chi connectivity index (χ1n) is 3.74. The van der Waals surface area contributed by atoms with Crippen molar-refractivity contribution in [2.75, 3.05) is 6.61 Å². The minimum Gasteiger partial charge on any atom is -0.490 e. The minimum absolute atomic E-state index is 0.207. The highest BCUT2D eigenvalue weighted by Crippen LogP contribution is 2.15. The Hall–Kier alpha value is -1.31. The van der Waals surface area contributed by atoms with Crippen molar-refractivity contribution >= 4 is 0 Å². The average molecular weight is 166 g/mol. The third-order valence-electron chi connectivity index (χ3n) is 1.50. The number of aryl methyl sites for hydroxylation is 1. The molecule has 0 unspecified atom stereocenters. The predicted molar refractivity (Wildman–Crippen MR) is 46.8 cm³/mol. The standard InChI is InChI=1S/C10H11FO/c1-3-6-12-9-4-5-10(11)8(2)7-9/h3-5,7H,1,6H2,2H3. The molecule has 0 amide bonds. The molecule has 0 aliphatic rings. The quantitative estimate of drug-likeness (QED) is 0.627. The fourth-order valence-corrected chi connectivity index (χ4v) is 0.862. The van der Waals surface area contributed by atoms with Gasteiger partial charge in [-0.1, -0.05) is 12.7 Å². The largest absolute Gasteiger partial charge is 0.490 e. The lowest BCUT2D eigenvalue weighted by Crippen LogP contribution is -1.93. The van der Waals surface area contributed by atoms with Gasteiger partial charge in [0.15, 0.2) is 0 Å². The molecule has 1 nitrogen and oxygen atoms in total. The van der Waals surface area contributed by atoms with Gasteiger partial charge < -0.3 is 4.74 Å². The highest BCUT2D eigenvalue weighted by molar-refractivity contribution is 5.28. The first-order chi connectivity index (χ1) is 5.74. The molecule has 1 aromatic carbocycles. The zero-order valence-electron chi connectivity index (χ0n) is 7.01. The van der Waals surface area contributed by atoms with Crippen molar-refractivity contribution in [3.63, 3.8) is 0 Å². The van der Waals surface area contributed by atoms with Gasteiger partial charge in [-0.25, -0.2) is 4.39 Å². The SMILES string of the molecule is C=CCOc1ccc(F)c(C)c1. The first-order valence-corrected chi connectivity index (χ1v) is 3.74. The minimum atomic E-state index is -0.207. The molecule has 2 heteroatoms. The molecular formula is C10H11FO. The highest BCUT2D eigenvalue weighted by atomic mass is 19.1. The number of halogens is 1. The molecule has 0 aliphatic carbocycles. The zero-order chi connectivity index (χ0) is 8.97. The summed E-state index contributed by atoms with van der Waals surface area (Å²) in [7, 11) is 0. The summed E-state index contributed by atoms with van der Waals surface area (Å²) in [6.45, 7) is 5.67. The first kappa shape index (κ1) is 8.78. The number of benzene rings is 1. The van der Waals surface area contributed by atoms with E-state index in [0.29, 0.717) is 17.9 Å². The molecular weight excluding hydrogens is 155 g/mol. The maximum absolute atomic E-state index is 12.7. The molecule has 0 N–H and O–H groups in total. The van der Waals surface area contributed by atoms with Crippen LogP contribution in [0, 0.1) is 12.7 Å². The Bertz CT molecular complexity index is 281. The molecule has 1 aromatic rings. The lowest BCUT2D eigenvalue weighted by atomic mass is 10.2. The summed E-state index contributed by atoms with van der Waals surface area (Å²) in [6, 6.07) is 4.67. The van der Waals surface area contributed by atoms with E-state index in [2.05, 4.69) is 6.58 Å². The van der Waals surface area contributed by atoms with Crippen molar-refractivity contribution in [2.24, 2.45) is 0 Å². The summed E-state index contributed by atoms with van der Waals surface area (Å²) >= 11 is 0. The average Bonchev–Trinajstić information content (AvgIpc) is 2.07. The van der Waals surface area contributed by atoms with Gasteiger partial charge >= 0.3 is 0 Å². The molecule has 0 radical (unpaired) electrons. The molecule has 0 aliphatic heterocycles. The molecule has 0 aromatic heterocycles. The molecule has 0 fully saturated rings. The Kier molecular flexibility index (Phi) is 2.86. The van der Waals surface area contributed by atoms with Gasteiger partial charge in [-0.3, -0.25) is 0 Å². The Labute approximate surface area is 71.5 Å². The summed E-state index contributed by atoms with van der Waals surface area (Å²) in [6.07, 6.45) is 1.65. The van der Waals surface area contributed by atoms with Crippen LogP contribution in [0.25, 0.3) is 0 Å². The van der Waals surface area contributed by atoms with Crippen LogP contribution >= 0.6 is 0 Å². The van der Waals surface area contributed by atoms with E-state index < -0.39 is 0 Å². The van der Waals surface area contributed by atoms with Crippen LogP contribution < -0.4 is 4.74 Å². The zero-order valence-corrected chi connectivity index (χ0v) is 7.01. The van der Waals surface area contributed by atoms with Crippen LogP contribution in [0.2, 0.25) is 0 Å². The van der Waals surface area contributed by atoms with E-state index in [1.54, 1.807) is 25.1 Å². The molecule has 64 valence electrons. The van der Waals surface area contributed by atoms with E-state index in [1.807, 2.05) is 0 Å².